The number of nitrogens with zero attached hydrogens (tertiary/aromatic N) is 1. The Labute approximate surface area is 143 Å². The highest BCUT2D eigenvalue weighted by Crippen LogP contribution is 2.54. The number of halogens is 3. The number of rotatable bonds is 3. The average Bonchev–Trinajstić information content (AvgIpc) is 2.50. The highest BCUT2D eigenvalue weighted by Gasteiger charge is 2.57. The van der Waals surface area contributed by atoms with E-state index in [2.05, 4.69) is 0 Å². The summed E-state index contributed by atoms with van der Waals surface area (Å²) < 4.78 is 52.5. The lowest BCUT2D eigenvalue weighted by Gasteiger charge is -2.44. The smallest absolute Gasteiger partial charge is 0.188 e. The van der Waals surface area contributed by atoms with Crippen LogP contribution < -0.4 is 0 Å². The molecule has 1 saturated carbocycles. The summed E-state index contributed by atoms with van der Waals surface area (Å²) in [6.45, 7) is 0. The van der Waals surface area contributed by atoms with Crippen LogP contribution in [0.1, 0.15) is 18.4 Å². The maximum Gasteiger partial charge on any atom is 0.188 e. The van der Waals surface area contributed by atoms with Gasteiger partial charge in [-0.25, -0.2) is 17.2 Å². The molecular weight excluding hydrogens is 356 g/mol. The van der Waals surface area contributed by atoms with Gasteiger partial charge in [-0.1, -0.05) is 11.6 Å². The first kappa shape index (κ1) is 16.9. The Hall–Kier alpha value is -1.97. The molecule has 2 aromatic rings. The molecule has 1 fully saturated rings. The van der Waals surface area contributed by atoms with Crippen molar-refractivity contribution in [2.24, 2.45) is 5.92 Å². The molecule has 0 unspecified atom stereocenters. The van der Waals surface area contributed by atoms with Gasteiger partial charge in [0, 0.05) is 10.6 Å². The molecule has 0 bridgehead atoms. The van der Waals surface area contributed by atoms with Crippen LogP contribution in [0.2, 0.25) is 5.02 Å². The highest BCUT2D eigenvalue weighted by atomic mass is 35.5. The van der Waals surface area contributed by atoms with Gasteiger partial charge in [0.05, 0.1) is 16.9 Å². The fraction of sp³-hybridized carbons (Fsp3) is 0.235. The van der Waals surface area contributed by atoms with Crippen molar-refractivity contribution < 1.29 is 17.2 Å². The topological polar surface area (TPSA) is 57.9 Å². The molecule has 1 aliphatic rings. The number of hydrogen-bond donors (Lipinski definition) is 0. The number of nitriles is 1. The van der Waals surface area contributed by atoms with Crippen molar-refractivity contribution in [3.63, 3.8) is 0 Å². The maximum atomic E-state index is 14.3. The molecule has 1 aliphatic carbocycles. The molecule has 24 heavy (non-hydrogen) atoms. The first-order chi connectivity index (χ1) is 11.3. The second-order valence-electron chi connectivity index (χ2n) is 5.81. The molecular formula is C17H12ClF2NO2S. The summed E-state index contributed by atoms with van der Waals surface area (Å²) in [5.74, 6) is -2.04. The molecule has 0 aliphatic heterocycles. The van der Waals surface area contributed by atoms with E-state index < -0.39 is 32.1 Å². The van der Waals surface area contributed by atoms with Crippen molar-refractivity contribution in [3.05, 3.63) is 64.7 Å². The standard InChI is InChI=1S/C17H12ClF2NO2S/c18-12-1-4-14(5-2-12)24(22,23)17(8-11(9-17)10-21)15-7-13(19)3-6-16(15)20/h1-7,11H,8-9H2/t11-,17-. The zero-order valence-electron chi connectivity index (χ0n) is 12.3. The minimum Gasteiger partial charge on any atom is -0.223 e. The summed E-state index contributed by atoms with van der Waals surface area (Å²) in [5.41, 5.74) is -0.232. The Bertz CT molecular complexity index is 930. The number of hydrogen-bond acceptors (Lipinski definition) is 3. The first-order valence-electron chi connectivity index (χ1n) is 7.15. The van der Waals surface area contributed by atoms with Crippen molar-refractivity contribution in [1.29, 1.82) is 5.26 Å². The van der Waals surface area contributed by atoms with Gasteiger partial charge in [0.25, 0.3) is 0 Å². The van der Waals surface area contributed by atoms with Crippen LogP contribution in [0.15, 0.2) is 47.4 Å². The van der Waals surface area contributed by atoms with E-state index in [-0.39, 0.29) is 23.3 Å². The van der Waals surface area contributed by atoms with Crippen molar-refractivity contribution in [1.82, 2.24) is 0 Å². The molecule has 0 heterocycles. The summed E-state index contributed by atoms with van der Waals surface area (Å²) >= 11 is 5.79. The Kier molecular flexibility index (Phi) is 4.10. The maximum absolute atomic E-state index is 14.3. The van der Waals surface area contributed by atoms with E-state index in [0.29, 0.717) is 5.02 Å². The van der Waals surface area contributed by atoms with Gasteiger partial charge in [-0.05, 0) is 55.3 Å². The van der Waals surface area contributed by atoms with Gasteiger partial charge in [-0.2, -0.15) is 5.26 Å². The summed E-state index contributed by atoms with van der Waals surface area (Å²) in [6.07, 6.45) is -0.149. The van der Waals surface area contributed by atoms with Gasteiger partial charge in [-0.15, -0.1) is 0 Å². The lowest BCUT2D eigenvalue weighted by atomic mass is 9.71. The summed E-state index contributed by atoms with van der Waals surface area (Å²) in [4.78, 5) is -0.0352. The van der Waals surface area contributed by atoms with Crippen molar-refractivity contribution in [2.45, 2.75) is 22.5 Å². The zero-order valence-corrected chi connectivity index (χ0v) is 13.9. The lowest BCUT2D eigenvalue weighted by Crippen LogP contribution is -2.48. The van der Waals surface area contributed by atoms with Crippen LogP contribution >= 0.6 is 11.6 Å². The van der Waals surface area contributed by atoms with E-state index in [1.807, 2.05) is 6.07 Å². The van der Waals surface area contributed by atoms with E-state index >= 15 is 0 Å². The minimum atomic E-state index is -4.03. The molecule has 0 saturated heterocycles. The molecule has 0 radical (unpaired) electrons. The quantitative estimate of drug-likeness (QED) is 0.816. The Balaban J connectivity index is 2.19. The van der Waals surface area contributed by atoms with Gasteiger partial charge in [0.2, 0.25) is 0 Å². The van der Waals surface area contributed by atoms with Gasteiger partial charge in [0.15, 0.2) is 9.84 Å². The Morgan fingerprint density at radius 1 is 1.12 bits per heavy atom. The van der Waals surface area contributed by atoms with E-state index in [4.69, 9.17) is 16.9 Å². The van der Waals surface area contributed by atoms with Crippen LogP contribution in [0, 0.1) is 28.9 Å². The highest BCUT2D eigenvalue weighted by molar-refractivity contribution is 7.92. The second-order valence-corrected chi connectivity index (χ2v) is 8.51. The number of sulfone groups is 1. The molecule has 124 valence electrons. The molecule has 3 rings (SSSR count). The van der Waals surface area contributed by atoms with Crippen LogP contribution in [0.3, 0.4) is 0 Å². The summed E-state index contributed by atoms with van der Waals surface area (Å²) in [7, 11) is -4.03. The van der Waals surface area contributed by atoms with Gasteiger partial charge >= 0.3 is 0 Å². The third-order valence-corrected chi connectivity index (χ3v) is 7.12. The summed E-state index contributed by atoms with van der Waals surface area (Å²) in [6, 6.07) is 10.2. The van der Waals surface area contributed by atoms with Crippen LogP contribution in [-0.4, -0.2) is 8.42 Å². The molecule has 2 aromatic carbocycles. The third kappa shape index (κ3) is 2.48. The molecule has 0 spiro atoms. The van der Waals surface area contributed by atoms with E-state index in [0.717, 1.165) is 18.2 Å². The van der Waals surface area contributed by atoms with Crippen molar-refractivity contribution >= 4 is 21.4 Å². The van der Waals surface area contributed by atoms with E-state index in [1.54, 1.807) is 0 Å². The predicted octanol–water partition coefficient (Wildman–Crippen LogP) is 4.22. The normalized spacial score (nSPS) is 23.3. The Morgan fingerprint density at radius 3 is 2.33 bits per heavy atom. The second kappa shape index (κ2) is 5.83. The third-order valence-electron chi connectivity index (χ3n) is 4.39. The number of benzene rings is 2. The molecule has 0 atom stereocenters. The van der Waals surface area contributed by atoms with Crippen molar-refractivity contribution in [3.8, 4) is 6.07 Å². The van der Waals surface area contributed by atoms with Crippen LogP contribution in [0.25, 0.3) is 0 Å². The van der Waals surface area contributed by atoms with Gasteiger partial charge < -0.3 is 0 Å². The zero-order chi connectivity index (χ0) is 17.5. The Morgan fingerprint density at radius 2 is 1.75 bits per heavy atom. The molecule has 0 N–H and O–H groups in total. The minimum absolute atomic E-state index is 0.0352. The van der Waals surface area contributed by atoms with Crippen molar-refractivity contribution in [2.75, 3.05) is 0 Å². The SMILES string of the molecule is N#C[C@H]1C[C@](c2cc(F)ccc2F)(S(=O)(=O)c2ccc(Cl)cc2)C1. The van der Waals surface area contributed by atoms with Gasteiger partial charge in [-0.3, -0.25) is 0 Å². The first-order valence-corrected chi connectivity index (χ1v) is 9.01. The molecule has 3 nitrogen and oxygen atoms in total. The average molecular weight is 368 g/mol. The summed E-state index contributed by atoms with van der Waals surface area (Å²) in [5, 5.41) is 9.40. The monoisotopic (exact) mass is 367 g/mol. The molecule has 7 heteroatoms. The van der Waals surface area contributed by atoms with E-state index in [9.17, 15) is 17.2 Å². The van der Waals surface area contributed by atoms with Crippen LogP contribution in [0.4, 0.5) is 8.78 Å². The predicted molar refractivity (Wildman–Crippen MR) is 85.0 cm³/mol. The fourth-order valence-corrected chi connectivity index (χ4v) is 5.46. The molecule has 0 aromatic heterocycles. The van der Waals surface area contributed by atoms with Gasteiger partial charge in [0.1, 0.15) is 16.4 Å². The van der Waals surface area contributed by atoms with E-state index in [1.165, 1.54) is 24.3 Å². The largest absolute Gasteiger partial charge is 0.223 e. The van der Waals surface area contributed by atoms with Crippen LogP contribution in [0.5, 0.6) is 0 Å². The lowest BCUT2D eigenvalue weighted by molar-refractivity contribution is 0.265. The van der Waals surface area contributed by atoms with Crippen LogP contribution in [-0.2, 0) is 14.6 Å². The fourth-order valence-electron chi connectivity index (χ4n) is 3.10. The molecule has 0 amide bonds.